The number of para-hydroxylation sites is 1. The van der Waals surface area contributed by atoms with Crippen molar-refractivity contribution in [2.75, 3.05) is 18.1 Å². The highest BCUT2D eigenvalue weighted by Gasteiger charge is 2.28. The Kier molecular flexibility index (Phi) is 5.22. The van der Waals surface area contributed by atoms with Crippen molar-refractivity contribution in [2.45, 2.75) is 32.2 Å². The lowest BCUT2D eigenvalue weighted by Crippen LogP contribution is -2.35. The summed E-state index contributed by atoms with van der Waals surface area (Å²) in [5, 5.41) is 2.77. The first-order chi connectivity index (χ1) is 9.96. The Hall–Kier alpha value is -1.56. The van der Waals surface area contributed by atoms with E-state index in [0.29, 0.717) is 25.9 Å². The number of carbonyl (C=O) groups excluding carboxylic acids is 1. The molecule has 0 radical (unpaired) electrons. The van der Waals surface area contributed by atoms with Gasteiger partial charge in [-0.1, -0.05) is 18.2 Å². The van der Waals surface area contributed by atoms with Crippen LogP contribution in [-0.4, -0.2) is 38.5 Å². The van der Waals surface area contributed by atoms with Crippen LogP contribution in [0.3, 0.4) is 0 Å². The summed E-state index contributed by atoms with van der Waals surface area (Å²) in [6.07, 6.45) is 1.48. The van der Waals surface area contributed by atoms with E-state index < -0.39 is 9.84 Å². The summed E-state index contributed by atoms with van der Waals surface area (Å²) in [7, 11) is -2.95. The molecule has 0 bridgehead atoms. The molecule has 0 unspecified atom stereocenters. The first-order valence-electron chi connectivity index (χ1n) is 7.14. The molecule has 0 aliphatic carbocycles. The van der Waals surface area contributed by atoms with E-state index >= 15 is 0 Å². The molecule has 1 aliphatic rings. The van der Waals surface area contributed by atoms with E-state index in [0.717, 1.165) is 11.3 Å². The Morgan fingerprint density at radius 2 is 2.14 bits per heavy atom. The van der Waals surface area contributed by atoms with Gasteiger partial charge in [0.1, 0.15) is 5.75 Å². The quantitative estimate of drug-likeness (QED) is 0.807. The number of nitrogens with one attached hydrogen (secondary N) is 1. The molecule has 0 saturated carbocycles. The molecule has 1 aromatic carbocycles. The van der Waals surface area contributed by atoms with E-state index in [1.165, 1.54) is 0 Å². The van der Waals surface area contributed by atoms with Crippen LogP contribution in [0.15, 0.2) is 24.3 Å². The van der Waals surface area contributed by atoms with Gasteiger partial charge in [0.25, 0.3) is 0 Å². The van der Waals surface area contributed by atoms with Gasteiger partial charge in [0.2, 0.25) is 5.91 Å². The minimum absolute atomic E-state index is 0.0679. The zero-order valence-corrected chi connectivity index (χ0v) is 13.0. The summed E-state index contributed by atoms with van der Waals surface area (Å²) in [6, 6.07) is 7.52. The molecule has 0 aromatic heterocycles. The van der Waals surface area contributed by atoms with E-state index in [1.807, 2.05) is 31.2 Å². The monoisotopic (exact) mass is 311 g/mol. The summed E-state index contributed by atoms with van der Waals surface area (Å²) in [5.74, 6) is 0.970. The van der Waals surface area contributed by atoms with Gasteiger partial charge in [0, 0.05) is 12.5 Å². The maximum atomic E-state index is 11.7. The van der Waals surface area contributed by atoms with E-state index in [1.54, 1.807) is 0 Å². The number of amides is 1. The third kappa shape index (κ3) is 5.04. The van der Waals surface area contributed by atoms with Crippen molar-refractivity contribution in [3.8, 4) is 5.75 Å². The molecule has 1 atom stereocenters. The third-order valence-electron chi connectivity index (χ3n) is 3.50. The van der Waals surface area contributed by atoms with Gasteiger partial charge in [-0.25, -0.2) is 8.42 Å². The van der Waals surface area contributed by atoms with Crippen molar-refractivity contribution >= 4 is 15.7 Å². The summed E-state index contributed by atoms with van der Waals surface area (Å²) in [6.45, 7) is 2.45. The Morgan fingerprint density at radius 1 is 1.38 bits per heavy atom. The lowest BCUT2D eigenvalue weighted by atomic mass is 10.2. The second-order valence-electron chi connectivity index (χ2n) is 5.38. The molecule has 1 saturated heterocycles. The van der Waals surface area contributed by atoms with Crippen LogP contribution in [0.25, 0.3) is 0 Å². The third-order valence-corrected chi connectivity index (χ3v) is 5.26. The fourth-order valence-corrected chi connectivity index (χ4v) is 4.02. The average molecular weight is 311 g/mol. The molecule has 6 heteroatoms. The summed E-state index contributed by atoms with van der Waals surface area (Å²) in [5.41, 5.74) is 1.07. The minimum atomic E-state index is -2.95. The Bertz CT molecular complexity index is 597. The van der Waals surface area contributed by atoms with Crippen LogP contribution in [0.1, 0.15) is 24.8 Å². The second kappa shape index (κ2) is 6.93. The van der Waals surface area contributed by atoms with Crippen molar-refractivity contribution in [3.05, 3.63) is 29.8 Å². The van der Waals surface area contributed by atoms with Crippen molar-refractivity contribution in [3.63, 3.8) is 0 Å². The average Bonchev–Trinajstić information content (AvgIpc) is 2.76. The maximum absolute atomic E-state index is 11.7. The largest absolute Gasteiger partial charge is 0.493 e. The summed E-state index contributed by atoms with van der Waals surface area (Å²) >= 11 is 0. The van der Waals surface area contributed by atoms with Crippen LogP contribution in [0, 0.1) is 6.92 Å². The molecule has 1 heterocycles. The van der Waals surface area contributed by atoms with Gasteiger partial charge in [-0.15, -0.1) is 0 Å². The predicted octanol–water partition coefficient (Wildman–Crippen LogP) is 1.46. The highest BCUT2D eigenvalue weighted by Crippen LogP contribution is 2.16. The topological polar surface area (TPSA) is 72.5 Å². The number of benzene rings is 1. The number of hydrogen-bond donors (Lipinski definition) is 1. The van der Waals surface area contributed by atoms with E-state index in [-0.39, 0.29) is 23.5 Å². The van der Waals surface area contributed by atoms with Gasteiger partial charge in [0.05, 0.1) is 18.1 Å². The highest BCUT2D eigenvalue weighted by atomic mass is 32.2. The Morgan fingerprint density at radius 3 is 2.81 bits per heavy atom. The van der Waals surface area contributed by atoms with E-state index in [9.17, 15) is 13.2 Å². The first-order valence-corrected chi connectivity index (χ1v) is 8.97. The first kappa shape index (κ1) is 15.8. The van der Waals surface area contributed by atoms with Crippen LogP contribution in [0.4, 0.5) is 0 Å². The molecule has 21 heavy (non-hydrogen) atoms. The van der Waals surface area contributed by atoms with Gasteiger partial charge in [-0.05, 0) is 31.4 Å². The molecule has 5 nitrogen and oxygen atoms in total. The van der Waals surface area contributed by atoms with Crippen LogP contribution in [0.2, 0.25) is 0 Å². The number of hydrogen-bond acceptors (Lipinski definition) is 4. The maximum Gasteiger partial charge on any atom is 0.220 e. The molecule has 1 amide bonds. The normalized spacial score (nSPS) is 20.1. The number of sulfone groups is 1. The van der Waals surface area contributed by atoms with Crippen molar-refractivity contribution in [1.29, 1.82) is 0 Å². The lowest BCUT2D eigenvalue weighted by Gasteiger charge is -2.11. The van der Waals surface area contributed by atoms with E-state index in [4.69, 9.17) is 4.74 Å². The molecule has 1 aliphatic heterocycles. The molecule has 0 spiro atoms. The molecule has 116 valence electrons. The lowest BCUT2D eigenvalue weighted by molar-refractivity contribution is -0.121. The van der Waals surface area contributed by atoms with Crippen molar-refractivity contribution < 1.29 is 17.9 Å². The fraction of sp³-hybridized carbons (Fsp3) is 0.533. The number of aryl methyl sites for hydroxylation is 1. The van der Waals surface area contributed by atoms with Crippen molar-refractivity contribution in [1.82, 2.24) is 5.32 Å². The minimum Gasteiger partial charge on any atom is -0.493 e. The van der Waals surface area contributed by atoms with Gasteiger partial charge >= 0.3 is 0 Å². The Balaban J connectivity index is 1.65. The zero-order valence-electron chi connectivity index (χ0n) is 12.2. The van der Waals surface area contributed by atoms with Crippen LogP contribution < -0.4 is 10.1 Å². The fourth-order valence-electron chi connectivity index (χ4n) is 2.34. The van der Waals surface area contributed by atoms with Gasteiger partial charge in [-0.2, -0.15) is 0 Å². The van der Waals surface area contributed by atoms with Gasteiger partial charge in [0.15, 0.2) is 9.84 Å². The number of rotatable bonds is 6. The highest BCUT2D eigenvalue weighted by molar-refractivity contribution is 7.91. The second-order valence-corrected chi connectivity index (χ2v) is 7.61. The SMILES string of the molecule is Cc1ccccc1OCCCC(=O)N[C@H]1CCS(=O)(=O)C1. The van der Waals surface area contributed by atoms with E-state index in [2.05, 4.69) is 5.32 Å². The van der Waals surface area contributed by atoms with Gasteiger partial charge < -0.3 is 10.1 Å². The molecule has 1 fully saturated rings. The smallest absolute Gasteiger partial charge is 0.220 e. The molecule has 2 rings (SSSR count). The number of carbonyl (C=O) groups is 1. The molecule has 1 N–H and O–H groups in total. The molecular weight excluding hydrogens is 290 g/mol. The van der Waals surface area contributed by atoms with Crippen LogP contribution in [-0.2, 0) is 14.6 Å². The summed E-state index contributed by atoms with van der Waals surface area (Å²) in [4.78, 5) is 11.7. The predicted molar refractivity (Wildman–Crippen MR) is 81.1 cm³/mol. The van der Waals surface area contributed by atoms with Crippen molar-refractivity contribution in [2.24, 2.45) is 0 Å². The van der Waals surface area contributed by atoms with Crippen LogP contribution in [0.5, 0.6) is 5.75 Å². The standard InChI is InChI=1S/C15H21NO4S/c1-12-5-2-3-6-14(12)20-9-4-7-15(17)16-13-8-10-21(18,19)11-13/h2-3,5-6,13H,4,7-11H2,1H3,(H,16,17)/t13-/m0/s1. The summed E-state index contributed by atoms with van der Waals surface area (Å²) < 4.78 is 28.2. The Labute approximate surface area is 125 Å². The van der Waals surface area contributed by atoms with Gasteiger partial charge in [-0.3, -0.25) is 4.79 Å². The molecule has 1 aromatic rings. The zero-order chi connectivity index (χ0) is 15.3. The van der Waals surface area contributed by atoms with Crippen LogP contribution >= 0.6 is 0 Å². The number of ether oxygens (including phenoxy) is 1. The molecular formula is C15H21NO4S.